The van der Waals surface area contributed by atoms with E-state index in [0.29, 0.717) is 0 Å². The molecule has 0 saturated carbocycles. The molecule has 1 nitrogen and oxygen atoms in total. The largest absolute Gasteiger partial charge is 0.419 e. The van der Waals surface area contributed by atoms with E-state index in [1.165, 1.54) is 12.8 Å². The summed E-state index contributed by atoms with van der Waals surface area (Å²) in [6.45, 7) is 3.15. The molecule has 0 aliphatic carbocycles. The standard InChI is InChI=1S/C7H15IOSi/c1-2-3-6-9-10-7-4-5-8/h4,7H,2-3,5-6,10H2,1H3. The van der Waals surface area contributed by atoms with Gasteiger partial charge in [-0.2, -0.15) is 0 Å². The average Bonchev–Trinajstić information content (AvgIpc) is 1.97. The molecule has 0 saturated heterocycles. The van der Waals surface area contributed by atoms with E-state index in [2.05, 4.69) is 41.3 Å². The van der Waals surface area contributed by atoms with E-state index in [9.17, 15) is 0 Å². The molecule has 0 fully saturated rings. The minimum absolute atomic E-state index is 0.305. The van der Waals surface area contributed by atoms with E-state index >= 15 is 0 Å². The van der Waals surface area contributed by atoms with Crippen molar-refractivity contribution in [2.75, 3.05) is 11.0 Å². The Kier molecular flexibility index (Phi) is 10.3. The van der Waals surface area contributed by atoms with Gasteiger partial charge in [-0.25, -0.2) is 0 Å². The first kappa shape index (κ1) is 10.6. The first-order valence-corrected chi connectivity index (χ1v) is 6.62. The second-order valence-corrected chi connectivity index (χ2v) is 4.15. The third-order valence-corrected chi connectivity index (χ3v) is 2.67. The summed E-state index contributed by atoms with van der Waals surface area (Å²) in [4.78, 5) is 0. The third kappa shape index (κ3) is 8.65. The molecule has 0 bridgehead atoms. The van der Waals surface area contributed by atoms with Crippen LogP contribution in [0.3, 0.4) is 0 Å². The molecule has 60 valence electrons. The van der Waals surface area contributed by atoms with Gasteiger partial charge in [-0.15, -0.1) is 0 Å². The monoisotopic (exact) mass is 270 g/mol. The molecule has 0 heterocycles. The highest BCUT2D eigenvalue weighted by molar-refractivity contribution is 14.1. The Bertz CT molecular complexity index is 85.7. The molecule has 10 heavy (non-hydrogen) atoms. The van der Waals surface area contributed by atoms with Crippen LogP contribution in [0.25, 0.3) is 0 Å². The summed E-state index contributed by atoms with van der Waals surface area (Å²) < 4.78 is 6.54. The van der Waals surface area contributed by atoms with Crippen LogP contribution >= 0.6 is 22.6 Å². The zero-order valence-corrected chi connectivity index (χ0v) is 10.0. The molecule has 0 aromatic heterocycles. The minimum Gasteiger partial charge on any atom is -0.419 e. The van der Waals surface area contributed by atoms with Crippen molar-refractivity contribution in [3.05, 3.63) is 11.8 Å². The molecular formula is C7H15IOSi. The highest BCUT2D eigenvalue weighted by Crippen LogP contribution is 1.87. The van der Waals surface area contributed by atoms with E-state index in [-0.39, 0.29) is 9.76 Å². The number of hydrogen-bond donors (Lipinski definition) is 0. The number of hydrogen-bond acceptors (Lipinski definition) is 1. The van der Waals surface area contributed by atoms with Crippen LogP contribution in [0, 0.1) is 0 Å². The fourth-order valence-corrected chi connectivity index (χ4v) is 2.38. The smallest absolute Gasteiger partial charge is 0.184 e. The van der Waals surface area contributed by atoms with Crippen molar-refractivity contribution < 1.29 is 4.43 Å². The van der Waals surface area contributed by atoms with Gasteiger partial charge in [-0.1, -0.05) is 47.7 Å². The first-order valence-electron chi connectivity index (χ1n) is 3.70. The van der Waals surface area contributed by atoms with Crippen LogP contribution in [0.15, 0.2) is 11.8 Å². The van der Waals surface area contributed by atoms with Gasteiger partial charge in [0.25, 0.3) is 0 Å². The molecule has 3 heteroatoms. The lowest BCUT2D eigenvalue weighted by molar-refractivity contribution is 0.331. The summed E-state index contributed by atoms with van der Waals surface area (Å²) in [7, 11) is -0.305. The van der Waals surface area contributed by atoms with Crippen molar-refractivity contribution in [2.45, 2.75) is 19.8 Å². The molecule has 0 atom stereocenters. The summed E-state index contributed by atoms with van der Waals surface area (Å²) >= 11 is 2.34. The molecular weight excluding hydrogens is 255 g/mol. The van der Waals surface area contributed by atoms with Crippen molar-refractivity contribution in [1.29, 1.82) is 0 Å². The zero-order chi connectivity index (χ0) is 7.66. The molecule has 0 aromatic rings. The summed E-state index contributed by atoms with van der Waals surface area (Å²) in [6, 6.07) is 0. The SMILES string of the molecule is CCCCO[SiH2]C=CCI. The minimum atomic E-state index is -0.305. The lowest BCUT2D eigenvalue weighted by Gasteiger charge is -1.96. The van der Waals surface area contributed by atoms with Crippen molar-refractivity contribution >= 4 is 32.4 Å². The zero-order valence-electron chi connectivity index (χ0n) is 6.48. The molecule has 0 unspecified atom stereocenters. The Morgan fingerprint density at radius 1 is 1.60 bits per heavy atom. The molecule has 0 amide bonds. The molecule has 0 rings (SSSR count). The number of rotatable bonds is 6. The van der Waals surface area contributed by atoms with Crippen molar-refractivity contribution in [2.24, 2.45) is 0 Å². The Balaban J connectivity index is 2.83. The van der Waals surface area contributed by atoms with Crippen LogP contribution in [0.2, 0.25) is 0 Å². The van der Waals surface area contributed by atoms with E-state index in [1.807, 2.05) is 0 Å². The van der Waals surface area contributed by atoms with Crippen molar-refractivity contribution in [3.63, 3.8) is 0 Å². The van der Waals surface area contributed by atoms with Gasteiger partial charge in [0, 0.05) is 11.0 Å². The van der Waals surface area contributed by atoms with Gasteiger partial charge in [0.1, 0.15) is 0 Å². The molecule has 0 aliphatic rings. The van der Waals surface area contributed by atoms with E-state index in [4.69, 9.17) is 4.43 Å². The maximum Gasteiger partial charge on any atom is 0.184 e. The van der Waals surface area contributed by atoms with Gasteiger partial charge in [0.05, 0.1) is 0 Å². The second-order valence-electron chi connectivity index (χ2n) is 2.05. The normalized spacial score (nSPS) is 12.2. The van der Waals surface area contributed by atoms with Gasteiger partial charge in [-0.05, 0) is 6.42 Å². The lowest BCUT2D eigenvalue weighted by Crippen LogP contribution is -1.96. The van der Waals surface area contributed by atoms with Gasteiger partial charge < -0.3 is 4.43 Å². The molecule has 0 aliphatic heterocycles. The quantitative estimate of drug-likeness (QED) is 0.310. The Morgan fingerprint density at radius 2 is 2.40 bits per heavy atom. The van der Waals surface area contributed by atoms with Crippen LogP contribution in [-0.2, 0) is 4.43 Å². The van der Waals surface area contributed by atoms with E-state index in [0.717, 1.165) is 11.0 Å². The molecule has 0 spiro atoms. The highest BCUT2D eigenvalue weighted by Gasteiger charge is 1.82. The second kappa shape index (κ2) is 9.65. The van der Waals surface area contributed by atoms with Gasteiger partial charge in [0.15, 0.2) is 9.76 Å². The maximum absolute atomic E-state index is 5.42. The highest BCUT2D eigenvalue weighted by atomic mass is 127. The maximum atomic E-state index is 5.42. The van der Waals surface area contributed by atoms with Crippen LogP contribution < -0.4 is 0 Å². The molecule has 0 aromatic carbocycles. The summed E-state index contributed by atoms with van der Waals surface area (Å²) in [5, 5.41) is 0. The number of alkyl halides is 1. The van der Waals surface area contributed by atoms with E-state index < -0.39 is 0 Å². The predicted octanol–water partition coefficient (Wildman–Crippen LogP) is 1.84. The fraction of sp³-hybridized carbons (Fsp3) is 0.714. The van der Waals surface area contributed by atoms with Crippen molar-refractivity contribution in [3.8, 4) is 0 Å². The number of halogens is 1. The van der Waals surface area contributed by atoms with Crippen LogP contribution in [-0.4, -0.2) is 20.8 Å². The summed E-state index contributed by atoms with van der Waals surface area (Å²) in [5.74, 6) is 0. The number of allylic oxidation sites excluding steroid dienone is 1. The van der Waals surface area contributed by atoms with Crippen molar-refractivity contribution in [1.82, 2.24) is 0 Å². The van der Waals surface area contributed by atoms with Crippen LogP contribution in [0.1, 0.15) is 19.8 Å². The van der Waals surface area contributed by atoms with Crippen LogP contribution in [0.5, 0.6) is 0 Å². The van der Waals surface area contributed by atoms with Gasteiger partial charge in [-0.3, -0.25) is 0 Å². The number of unbranched alkanes of at least 4 members (excludes halogenated alkanes) is 1. The Morgan fingerprint density at radius 3 is 3.00 bits per heavy atom. The van der Waals surface area contributed by atoms with Gasteiger partial charge in [0.2, 0.25) is 0 Å². The predicted molar refractivity (Wildman–Crippen MR) is 57.4 cm³/mol. The first-order chi connectivity index (χ1) is 4.91. The topological polar surface area (TPSA) is 9.23 Å². The summed E-state index contributed by atoms with van der Waals surface area (Å²) in [5.41, 5.74) is 2.21. The lowest BCUT2D eigenvalue weighted by atomic mass is 10.4. The van der Waals surface area contributed by atoms with Gasteiger partial charge >= 0.3 is 0 Å². The van der Waals surface area contributed by atoms with E-state index in [1.54, 1.807) is 0 Å². The average molecular weight is 270 g/mol. The molecule has 0 N–H and O–H groups in total. The molecule has 0 radical (unpaired) electrons. The Labute approximate surface area is 79.3 Å². The summed E-state index contributed by atoms with van der Waals surface area (Å²) in [6.07, 6.45) is 4.63. The van der Waals surface area contributed by atoms with Crippen LogP contribution in [0.4, 0.5) is 0 Å². The fourth-order valence-electron chi connectivity index (χ4n) is 0.529. The Hall–Kier alpha value is 0.647. The third-order valence-electron chi connectivity index (χ3n) is 1.11.